The van der Waals surface area contributed by atoms with Gasteiger partial charge in [-0.2, -0.15) is 5.10 Å². The van der Waals surface area contributed by atoms with Crippen LogP contribution in [0.15, 0.2) is 66.0 Å². The Morgan fingerprint density at radius 3 is 2.74 bits per heavy atom. The van der Waals surface area contributed by atoms with Crippen LogP contribution in [0, 0.1) is 5.92 Å². The van der Waals surface area contributed by atoms with Crippen LogP contribution in [-0.4, -0.2) is 30.3 Å². The summed E-state index contributed by atoms with van der Waals surface area (Å²) in [6.07, 6.45) is 7.99. The van der Waals surface area contributed by atoms with E-state index in [1.807, 2.05) is 30.5 Å². The second kappa shape index (κ2) is 8.21. The molecule has 1 saturated carbocycles. The van der Waals surface area contributed by atoms with Gasteiger partial charge in [-0.05, 0) is 59.4 Å². The average Bonchev–Trinajstić information content (AvgIpc) is 3.52. The van der Waals surface area contributed by atoms with E-state index in [4.69, 9.17) is 10.5 Å². The molecule has 3 N–H and O–H groups in total. The molecule has 2 atom stereocenters. The van der Waals surface area contributed by atoms with E-state index >= 15 is 0 Å². The first-order valence-electron chi connectivity index (χ1n) is 10.8. The van der Waals surface area contributed by atoms with Crippen molar-refractivity contribution in [3.63, 3.8) is 0 Å². The summed E-state index contributed by atoms with van der Waals surface area (Å²) in [5.41, 5.74) is 11.8. The van der Waals surface area contributed by atoms with Crippen molar-refractivity contribution in [2.24, 2.45) is 16.8 Å². The SMILES string of the molecule is NC1(c2ccc(C3CCOCC3)cc2)CC1C(=O)N/N=C/c1ccc2cnccc2c1. The van der Waals surface area contributed by atoms with Crippen LogP contribution >= 0.6 is 0 Å². The van der Waals surface area contributed by atoms with Gasteiger partial charge < -0.3 is 10.5 Å². The summed E-state index contributed by atoms with van der Waals surface area (Å²) in [6, 6.07) is 16.4. The largest absolute Gasteiger partial charge is 0.381 e. The van der Waals surface area contributed by atoms with Gasteiger partial charge in [0.25, 0.3) is 0 Å². The minimum Gasteiger partial charge on any atom is -0.381 e. The maximum Gasteiger partial charge on any atom is 0.245 e. The van der Waals surface area contributed by atoms with Crippen LogP contribution in [0.1, 0.15) is 41.9 Å². The molecule has 0 spiro atoms. The number of nitrogens with two attached hydrogens (primary N) is 1. The molecule has 6 heteroatoms. The second-order valence-electron chi connectivity index (χ2n) is 8.52. The quantitative estimate of drug-likeness (QED) is 0.494. The Hall–Kier alpha value is -3.09. The number of rotatable bonds is 5. The average molecular weight is 415 g/mol. The molecular formula is C25H26N4O2. The molecule has 2 aliphatic rings. The first kappa shape index (κ1) is 19.8. The highest BCUT2D eigenvalue weighted by Gasteiger charge is 2.56. The number of nitrogens with one attached hydrogen (secondary N) is 1. The molecule has 31 heavy (non-hydrogen) atoms. The zero-order chi connectivity index (χ0) is 21.3. The molecule has 1 amide bonds. The highest BCUT2D eigenvalue weighted by molar-refractivity contribution is 5.91. The van der Waals surface area contributed by atoms with Crippen molar-refractivity contribution in [1.82, 2.24) is 10.4 Å². The predicted molar refractivity (Wildman–Crippen MR) is 121 cm³/mol. The number of amides is 1. The summed E-state index contributed by atoms with van der Waals surface area (Å²) in [6.45, 7) is 1.65. The molecule has 2 fully saturated rings. The molecule has 0 bridgehead atoms. The fourth-order valence-electron chi connectivity index (χ4n) is 4.45. The number of hydrazone groups is 1. The van der Waals surface area contributed by atoms with Crippen LogP contribution < -0.4 is 11.2 Å². The van der Waals surface area contributed by atoms with E-state index < -0.39 is 5.54 Å². The van der Waals surface area contributed by atoms with Gasteiger partial charge in [0.2, 0.25) is 5.91 Å². The number of nitrogens with zero attached hydrogens (tertiary/aromatic N) is 2. The molecule has 3 aromatic rings. The lowest BCUT2D eigenvalue weighted by Gasteiger charge is -2.23. The molecule has 1 aliphatic carbocycles. The highest BCUT2D eigenvalue weighted by atomic mass is 16.5. The normalized spacial score (nSPS) is 23.8. The van der Waals surface area contributed by atoms with Crippen molar-refractivity contribution in [3.8, 4) is 0 Å². The number of benzene rings is 2. The van der Waals surface area contributed by atoms with E-state index in [9.17, 15) is 4.79 Å². The van der Waals surface area contributed by atoms with Crippen LogP contribution in [0.3, 0.4) is 0 Å². The van der Waals surface area contributed by atoms with Crippen molar-refractivity contribution >= 4 is 22.9 Å². The number of fused-ring (bicyclic) bond motifs is 1. The summed E-state index contributed by atoms with van der Waals surface area (Å²) < 4.78 is 5.45. The van der Waals surface area contributed by atoms with E-state index in [0.29, 0.717) is 12.3 Å². The van der Waals surface area contributed by atoms with E-state index in [1.165, 1.54) is 5.56 Å². The standard InChI is InChI=1S/C25H26N4O2/c26-25(22-5-3-18(4-6-22)19-8-11-31-12-9-19)14-23(25)24(30)29-28-15-17-1-2-21-16-27-10-7-20(21)13-17/h1-7,10,13,15-16,19,23H,8-9,11-12,14,26H2,(H,29,30)/b28-15+. The number of carbonyl (C=O) groups is 1. The third-order valence-electron chi connectivity index (χ3n) is 6.51. The third kappa shape index (κ3) is 4.09. The number of hydrogen-bond donors (Lipinski definition) is 2. The van der Waals surface area contributed by atoms with Crippen LogP contribution in [0.25, 0.3) is 10.8 Å². The Morgan fingerprint density at radius 1 is 1.13 bits per heavy atom. The molecule has 2 heterocycles. The molecule has 5 rings (SSSR count). The molecule has 2 aromatic carbocycles. The minimum absolute atomic E-state index is 0.141. The summed E-state index contributed by atoms with van der Waals surface area (Å²) >= 11 is 0. The lowest BCUT2D eigenvalue weighted by Crippen LogP contribution is -2.30. The number of hydrogen-bond acceptors (Lipinski definition) is 5. The monoisotopic (exact) mass is 414 g/mol. The summed E-state index contributed by atoms with van der Waals surface area (Å²) in [4.78, 5) is 16.7. The van der Waals surface area contributed by atoms with Gasteiger partial charge in [-0.1, -0.05) is 36.4 Å². The molecule has 1 aliphatic heterocycles. The molecule has 6 nitrogen and oxygen atoms in total. The van der Waals surface area contributed by atoms with Gasteiger partial charge in [-0.15, -0.1) is 0 Å². The van der Waals surface area contributed by atoms with E-state index in [2.05, 4.69) is 39.8 Å². The number of aromatic nitrogens is 1. The van der Waals surface area contributed by atoms with E-state index in [1.54, 1.807) is 12.4 Å². The summed E-state index contributed by atoms with van der Waals surface area (Å²) in [5, 5.41) is 6.28. The maximum atomic E-state index is 12.6. The number of ether oxygens (including phenoxy) is 1. The smallest absolute Gasteiger partial charge is 0.245 e. The molecular weight excluding hydrogens is 388 g/mol. The van der Waals surface area contributed by atoms with Crippen molar-refractivity contribution in [2.45, 2.75) is 30.7 Å². The van der Waals surface area contributed by atoms with Gasteiger partial charge >= 0.3 is 0 Å². The van der Waals surface area contributed by atoms with Gasteiger partial charge in [-0.25, -0.2) is 5.43 Å². The number of pyridine rings is 1. The Balaban J connectivity index is 1.20. The van der Waals surface area contributed by atoms with Gasteiger partial charge in [0.05, 0.1) is 17.7 Å². The Labute approximate surface area is 181 Å². The summed E-state index contributed by atoms with van der Waals surface area (Å²) in [5.74, 6) is 0.147. The lowest BCUT2D eigenvalue weighted by atomic mass is 9.90. The van der Waals surface area contributed by atoms with Crippen LogP contribution in [-0.2, 0) is 15.1 Å². The van der Waals surface area contributed by atoms with Gasteiger partial charge in [-0.3, -0.25) is 9.78 Å². The topological polar surface area (TPSA) is 89.6 Å². The van der Waals surface area contributed by atoms with Gasteiger partial charge in [0.15, 0.2) is 0 Å². The first-order chi connectivity index (χ1) is 15.1. The van der Waals surface area contributed by atoms with Crippen molar-refractivity contribution in [3.05, 3.63) is 77.6 Å². The lowest BCUT2D eigenvalue weighted by molar-refractivity contribution is -0.122. The first-order valence-corrected chi connectivity index (χ1v) is 10.8. The zero-order valence-electron chi connectivity index (χ0n) is 17.3. The molecule has 158 valence electrons. The van der Waals surface area contributed by atoms with Crippen LogP contribution in [0.2, 0.25) is 0 Å². The third-order valence-corrected chi connectivity index (χ3v) is 6.51. The molecule has 2 unspecified atom stereocenters. The van der Waals surface area contributed by atoms with E-state index in [-0.39, 0.29) is 11.8 Å². The molecule has 0 radical (unpaired) electrons. The van der Waals surface area contributed by atoms with Crippen LogP contribution in [0.5, 0.6) is 0 Å². The zero-order valence-corrected chi connectivity index (χ0v) is 17.3. The fourth-order valence-corrected chi connectivity index (χ4v) is 4.45. The van der Waals surface area contributed by atoms with Crippen molar-refractivity contribution in [2.75, 3.05) is 13.2 Å². The van der Waals surface area contributed by atoms with Crippen molar-refractivity contribution in [1.29, 1.82) is 0 Å². The number of carbonyl (C=O) groups excluding carboxylic acids is 1. The Kier molecular flexibility index (Phi) is 5.26. The van der Waals surface area contributed by atoms with Crippen molar-refractivity contribution < 1.29 is 9.53 Å². The molecule has 1 saturated heterocycles. The van der Waals surface area contributed by atoms with Gasteiger partial charge in [0.1, 0.15) is 0 Å². The predicted octanol–water partition coefficient (Wildman–Crippen LogP) is 3.45. The van der Waals surface area contributed by atoms with Gasteiger partial charge in [0, 0.05) is 31.0 Å². The summed E-state index contributed by atoms with van der Waals surface area (Å²) in [7, 11) is 0. The second-order valence-corrected chi connectivity index (χ2v) is 8.52. The highest BCUT2D eigenvalue weighted by Crippen LogP contribution is 2.50. The maximum absolute atomic E-state index is 12.6. The Bertz CT molecular complexity index is 1120. The minimum atomic E-state index is -0.607. The molecule has 1 aromatic heterocycles. The van der Waals surface area contributed by atoms with Crippen LogP contribution in [0.4, 0.5) is 0 Å². The Morgan fingerprint density at radius 2 is 1.94 bits per heavy atom. The fraction of sp³-hybridized carbons (Fsp3) is 0.320. The van der Waals surface area contributed by atoms with E-state index in [0.717, 1.165) is 48.0 Å².